The summed E-state index contributed by atoms with van der Waals surface area (Å²) in [5, 5.41) is 0. The maximum atomic E-state index is 11.7. The molecule has 3 atom stereocenters. The fraction of sp³-hybridized carbons (Fsp3) is 0.750. The van der Waals surface area contributed by atoms with Crippen molar-refractivity contribution in [2.24, 2.45) is 5.41 Å². The van der Waals surface area contributed by atoms with Gasteiger partial charge in [-0.1, -0.05) is 19.4 Å². The molecule has 2 fully saturated rings. The number of likely N-dealkylation sites (tertiary alicyclic amines) is 1. The molecular weight excluding hydrogens is 302 g/mol. The van der Waals surface area contributed by atoms with Gasteiger partial charge in [0, 0.05) is 11.5 Å². The number of rotatable bonds is 3. The second-order valence-electron chi connectivity index (χ2n) is 6.00. The van der Waals surface area contributed by atoms with Crippen molar-refractivity contribution in [3.8, 4) is 0 Å². The summed E-state index contributed by atoms with van der Waals surface area (Å²) in [7, 11) is 2.74. The molecule has 5 nitrogen and oxygen atoms in total. The molecule has 3 aliphatic rings. The third-order valence-electron chi connectivity index (χ3n) is 5.02. The molecule has 1 amide bonds. The Kier molecular flexibility index (Phi) is 5.42. The average molecular weight is 327 g/mol. The number of methoxy groups -OCH3 is 2. The molecule has 1 spiro atoms. The molecule has 0 radical (unpaired) electrons. The van der Waals surface area contributed by atoms with E-state index in [1.807, 2.05) is 6.08 Å². The first-order valence-electron chi connectivity index (χ1n) is 7.82. The Morgan fingerprint density at radius 1 is 1.41 bits per heavy atom. The first kappa shape index (κ1) is 17.2. The Balaban J connectivity index is 0.000000309. The molecule has 0 N–H and O–H groups in total. The van der Waals surface area contributed by atoms with E-state index in [1.54, 1.807) is 4.90 Å². The predicted octanol–water partition coefficient (Wildman–Crippen LogP) is 2.81. The lowest BCUT2D eigenvalue weighted by Crippen LogP contribution is -2.77. The number of carbonyl (C=O) groups is 2. The van der Waals surface area contributed by atoms with Crippen molar-refractivity contribution in [1.29, 1.82) is 0 Å². The van der Waals surface area contributed by atoms with E-state index in [-0.39, 0.29) is 29.6 Å². The van der Waals surface area contributed by atoms with Gasteiger partial charge in [-0.25, -0.2) is 9.59 Å². The van der Waals surface area contributed by atoms with Gasteiger partial charge in [0.1, 0.15) is 0 Å². The Morgan fingerprint density at radius 2 is 2.14 bits per heavy atom. The molecule has 3 unspecified atom stereocenters. The number of ether oxygens (including phenoxy) is 2. The van der Waals surface area contributed by atoms with Crippen LogP contribution in [0.5, 0.6) is 0 Å². The molecule has 0 aromatic heterocycles. The fourth-order valence-electron chi connectivity index (χ4n) is 3.78. The lowest BCUT2D eigenvalue weighted by molar-refractivity contribution is -0.167. The van der Waals surface area contributed by atoms with Gasteiger partial charge in [0.25, 0.3) is 0 Å². The lowest BCUT2D eigenvalue weighted by atomic mass is 9.52. The summed E-state index contributed by atoms with van der Waals surface area (Å²) in [5.74, 6) is 0.711. The number of hydrogen-bond acceptors (Lipinski definition) is 5. The molecule has 124 valence electrons. The Labute approximate surface area is 137 Å². The summed E-state index contributed by atoms with van der Waals surface area (Å²) in [6, 6.07) is 0.125. The minimum Gasteiger partial charge on any atom is -0.466 e. The molecule has 0 aromatic carbocycles. The van der Waals surface area contributed by atoms with E-state index in [9.17, 15) is 9.59 Å². The van der Waals surface area contributed by atoms with Crippen LogP contribution in [0.3, 0.4) is 0 Å². The largest absolute Gasteiger partial charge is 0.466 e. The molecule has 1 heterocycles. The third-order valence-corrected chi connectivity index (χ3v) is 5.34. The number of hydrogen-bond donors (Lipinski definition) is 1. The van der Waals surface area contributed by atoms with Crippen molar-refractivity contribution in [3.63, 3.8) is 0 Å². The highest BCUT2D eigenvalue weighted by atomic mass is 32.1. The zero-order valence-electron chi connectivity index (χ0n) is 13.5. The van der Waals surface area contributed by atoms with Crippen molar-refractivity contribution in [3.05, 3.63) is 11.6 Å². The molecular formula is C16H25NO4S. The van der Waals surface area contributed by atoms with Crippen LogP contribution >= 0.6 is 12.6 Å². The summed E-state index contributed by atoms with van der Waals surface area (Å²) >= 11 is 4.00. The minimum atomic E-state index is -0.341. The van der Waals surface area contributed by atoms with Gasteiger partial charge >= 0.3 is 12.1 Å². The first-order chi connectivity index (χ1) is 10.6. The number of piperidine rings is 1. The van der Waals surface area contributed by atoms with E-state index in [2.05, 4.69) is 19.6 Å². The first-order valence-corrected chi connectivity index (χ1v) is 8.46. The lowest BCUT2D eigenvalue weighted by Gasteiger charge is -2.67. The Hall–Kier alpha value is -1.17. The standard InChI is InChI=1S/C12H15NO4.C4H10S/c1-16-10(14)7-3-5-12-6-4-8(12)13(9(7)12)11(15)17-2;1-2-3-4-5/h3,8-9H,4-6H2,1-2H3;5H,2-4H2,1H3. The smallest absolute Gasteiger partial charge is 0.410 e. The highest BCUT2D eigenvalue weighted by Crippen LogP contribution is 2.65. The molecule has 3 rings (SSSR count). The van der Waals surface area contributed by atoms with Crippen LogP contribution in [0.4, 0.5) is 4.79 Å². The van der Waals surface area contributed by atoms with Crippen molar-refractivity contribution < 1.29 is 19.1 Å². The summed E-state index contributed by atoms with van der Waals surface area (Å²) in [6.07, 6.45) is 7.06. The van der Waals surface area contributed by atoms with E-state index in [1.165, 1.54) is 27.1 Å². The van der Waals surface area contributed by atoms with Crippen molar-refractivity contribution in [2.45, 2.75) is 51.1 Å². The van der Waals surface area contributed by atoms with Gasteiger partial charge in [-0.05, 0) is 31.4 Å². The number of amides is 1. The minimum absolute atomic E-state index is 0.109. The molecule has 1 aliphatic heterocycles. The maximum Gasteiger partial charge on any atom is 0.410 e. The predicted molar refractivity (Wildman–Crippen MR) is 87.0 cm³/mol. The topological polar surface area (TPSA) is 55.8 Å². The van der Waals surface area contributed by atoms with E-state index in [0.717, 1.165) is 25.0 Å². The maximum absolute atomic E-state index is 11.7. The van der Waals surface area contributed by atoms with E-state index >= 15 is 0 Å². The van der Waals surface area contributed by atoms with Crippen molar-refractivity contribution in [2.75, 3.05) is 20.0 Å². The van der Waals surface area contributed by atoms with Crippen LogP contribution in [0.25, 0.3) is 0 Å². The van der Waals surface area contributed by atoms with Crippen LogP contribution in [0, 0.1) is 5.41 Å². The van der Waals surface area contributed by atoms with E-state index in [4.69, 9.17) is 9.47 Å². The van der Waals surface area contributed by atoms with Gasteiger partial charge in [0.15, 0.2) is 0 Å². The zero-order valence-corrected chi connectivity index (χ0v) is 14.4. The number of thiol groups is 1. The van der Waals surface area contributed by atoms with Crippen molar-refractivity contribution in [1.82, 2.24) is 4.90 Å². The second kappa shape index (κ2) is 6.94. The van der Waals surface area contributed by atoms with Crippen LogP contribution in [0.1, 0.15) is 39.0 Å². The van der Waals surface area contributed by atoms with Crippen LogP contribution in [0.2, 0.25) is 0 Å². The summed E-state index contributed by atoms with van der Waals surface area (Å²) < 4.78 is 9.55. The van der Waals surface area contributed by atoms with Gasteiger partial charge in [-0.2, -0.15) is 12.6 Å². The van der Waals surface area contributed by atoms with Crippen LogP contribution in [-0.2, 0) is 14.3 Å². The van der Waals surface area contributed by atoms with E-state index < -0.39 is 0 Å². The molecule has 2 aliphatic carbocycles. The molecule has 1 saturated carbocycles. The third kappa shape index (κ3) is 2.51. The summed E-state index contributed by atoms with van der Waals surface area (Å²) in [6.45, 7) is 2.16. The SMILES string of the molecule is CCCCS.COC(=O)C1=CCC23CCC2N(C(=O)OC)C13. The summed E-state index contributed by atoms with van der Waals surface area (Å²) in [5.41, 5.74) is 0.728. The molecule has 1 saturated heterocycles. The monoisotopic (exact) mass is 327 g/mol. The van der Waals surface area contributed by atoms with Crippen molar-refractivity contribution >= 4 is 24.7 Å². The van der Waals surface area contributed by atoms with Crippen LogP contribution in [-0.4, -0.2) is 49.0 Å². The molecule has 0 bridgehead atoms. The number of carbonyl (C=O) groups excluding carboxylic acids is 2. The quantitative estimate of drug-likeness (QED) is 0.640. The van der Waals surface area contributed by atoms with Gasteiger partial charge in [-0.15, -0.1) is 0 Å². The van der Waals surface area contributed by atoms with Gasteiger partial charge < -0.3 is 9.47 Å². The van der Waals surface area contributed by atoms with Crippen LogP contribution in [0.15, 0.2) is 11.6 Å². The van der Waals surface area contributed by atoms with Gasteiger partial charge in [-0.3, -0.25) is 4.90 Å². The molecule has 0 aromatic rings. The normalized spacial score (nSPS) is 30.5. The number of unbranched alkanes of at least 4 members (excludes halogenated alkanes) is 1. The Morgan fingerprint density at radius 3 is 2.55 bits per heavy atom. The molecule has 6 heteroatoms. The number of nitrogens with zero attached hydrogens (tertiary/aromatic N) is 1. The summed E-state index contributed by atoms with van der Waals surface area (Å²) in [4.78, 5) is 25.1. The second-order valence-corrected chi connectivity index (χ2v) is 6.45. The van der Waals surface area contributed by atoms with Gasteiger partial charge in [0.05, 0.1) is 25.8 Å². The average Bonchev–Trinajstić information content (AvgIpc) is 2.90. The highest BCUT2D eigenvalue weighted by Gasteiger charge is 2.71. The highest BCUT2D eigenvalue weighted by molar-refractivity contribution is 7.80. The number of allylic oxidation sites excluding steroid dienone is 1. The number of esters is 1. The molecule has 22 heavy (non-hydrogen) atoms. The van der Waals surface area contributed by atoms with E-state index in [0.29, 0.717) is 5.57 Å². The Bertz CT molecular complexity index is 477. The fourth-order valence-corrected chi connectivity index (χ4v) is 4.10. The zero-order chi connectivity index (χ0) is 16.3. The van der Waals surface area contributed by atoms with Gasteiger partial charge in [0.2, 0.25) is 0 Å². The van der Waals surface area contributed by atoms with Crippen LogP contribution < -0.4 is 0 Å².